The second kappa shape index (κ2) is 4.78. The predicted octanol–water partition coefficient (Wildman–Crippen LogP) is 3.98. The molecule has 1 N–H and O–H groups in total. The highest BCUT2D eigenvalue weighted by Crippen LogP contribution is 2.32. The molecule has 0 saturated carbocycles. The van der Waals surface area contributed by atoms with E-state index in [9.17, 15) is 13.9 Å². The summed E-state index contributed by atoms with van der Waals surface area (Å²) in [6.45, 7) is 1.48. The zero-order valence-electron chi connectivity index (χ0n) is 9.62. The molecule has 0 bridgehead atoms. The van der Waals surface area contributed by atoms with Gasteiger partial charge in [-0.25, -0.2) is 8.78 Å². The maximum atomic E-state index is 13.7. The van der Waals surface area contributed by atoms with Gasteiger partial charge in [0.1, 0.15) is 17.2 Å². The Hall–Kier alpha value is -1.26. The topological polar surface area (TPSA) is 20.2 Å². The number of aliphatic hydroxyl groups is 1. The lowest BCUT2D eigenvalue weighted by molar-refractivity contribution is 0.0977. The number of hydrogen-bond donors (Lipinski definition) is 1. The van der Waals surface area contributed by atoms with Gasteiger partial charge in [0.15, 0.2) is 0 Å². The quantitative estimate of drug-likeness (QED) is 0.889. The lowest BCUT2D eigenvalue weighted by Crippen LogP contribution is -2.24. The number of benzene rings is 2. The van der Waals surface area contributed by atoms with Crippen molar-refractivity contribution >= 4 is 15.9 Å². The molecule has 4 heteroatoms. The summed E-state index contributed by atoms with van der Waals surface area (Å²) in [5, 5.41) is 10.5. The van der Waals surface area contributed by atoms with Gasteiger partial charge in [-0.3, -0.25) is 0 Å². The number of halogens is 3. The molecule has 0 amide bonds. The van der Waals surface area contributed by atoms with E-state index < -0.39 is 17.2 Å². The van der Waals surface area contributed by atoms with E-state index in [0.29, 0.717) is 5.56 Å². The first kappa shape index (κ1) is 13.2. The van der Waals surface area contributed by atoms with Crippen LogP contribution in [-0.2, 0) is 5.60 Å². The average Bonchev–Trinajstić information content (AvgIpc) is 2.28. The molecule has 1 unspecified atom stereocenters. The van der Waals surface area contributed by atoms with Crippen molar-refractivity contribution in [3.63, 3.8) is 0 Å². The molecule has 94 valence electrons. The summed E-state index contributed by atoms with van der Waals surface area (Å²) in [6.07, 6.45) is 0. The lowest BCUT2D eigenvalue weighted by atomic mass is 9.88. The Labute approximate surface area is 112 Å². The van der Waals surface area contributed by atoms with Crippen molar-refractivity contribution in [2.24, 2.45) is 0 Å². The third-order valence-electron chi connectivity index (χ3n) is 2.84. The summed E-state index contributed by atoms with van der Waals surface area (Å²) in [7, 11) is 0. The van der Waals surface area contributed by atoms with Crippen LogP contribution in [0.25, 0.3) is 0 Å². The van der Waals surface area contributed by atoms with Crippen LogP contribution in [0, 0.1) is 11.6 Å². The van der Waals surface area contributed by atoms with Crippen molar-refractivity contribution in [1.29, 1.82) is 0 Å². The largest absolute Gasteiger partial charge is 0.381 e. The molecule has 1 atom stereocenters. The fourth-order valence-electron chi connectivity index (χ4n) is 1.83. The van der Waals surface area contributed by atoms with Crippen LogP contribution in [0.3, 0.4) is 0 Å². The van der Waals surface area contributed by atoms with Crippen LogP contribution >= 0.6 is 15.9 Å². The van der Waals surface area contributed by atoms with E-state index in [1.165, 1.54) is 13.0 Å². The molecule has 0 saturated heterocycles. The molecule has 0 aliphatic rings. The lowest BCUT2D eigenvalue weighted by Gasteiger charge is -2.25. The molecule has 0 radical (unpaired) electrons. The van der Waals surface area contributed by atoms with E-state index in [1.807, 2.05) is 0 Å². The molecule has 0 spiro atoms. The van der Waals surface area contributed by atoms with Crippen LogP contribution in [0.15, 0.2) is 46.9 Å². The third-order valence-corrected chi connectivity index (χ3v) is 3.34. The Morgan fingerprint density at radius 1 is 1.11 bits per heavy atom. The Morgan fingerprint density at radius 3 is 2.44 bits per heavy atom. The van der Waals surface area contributed by atoms with Crippen LogP contribution < -0.4 is 0 Å². The summed E-state index contributed by atoms with van der Waals surface area (Å²) >= 11 is 3.29. The minimum Gasteiger partial charge on any atom is -0.381 e. The molecule has 2 rings (SSSR count). The van der Waals surface area contributed by atoms with E-state index in [4.69, 9.17) is 0 Å². The highest BCUT2D eigenvalue weighted by Gasteiger charge is 2.29. The van der Waals surface area contributed by atoms with Gasteiger partial charge in [-0.05, 0) is 36.8 Å². The van der Waals surface area contributed by atoms with Gasteiger partial charge < -0.3 is 5.11 Å². The smallest absolute Gasteiger partial charge is 0.132 e. The van der Waals surface area contributed by atoms with Crippen molar-refractivity contribution in [2.45, 2.75) is 12.5 Å². The van der Waals surface area contributed by atoms with Crippen molar-refractivity contribution in [3.8, 4) is 0 Å². The molecule has 0 aliphatic carbocycles. The van der Waals surface area contributed by atoms with Crippen LogP contribution in [-0.4, -0.2) is 5.11 Å². The highest BCUT2D eigenvalue weighted by molar-refractivity contribution is 9.10. The maximum Gasteiger partial charge on any atom is 0.132 e. The van der Waals surface area contributed by atoms with Crippen LogP contribution in [0.4, 0.5) is 8.78 Å². The fraction of sp³-hybridized carbons (Fsp3) is 0.143. The zero-order valence-corrected chi connectivity index (χ0v) is 11.2. The second-order valence-corrected chi connectivity index (χ2v) is 5.12. The normalized spacial score (nSPS) is 14.3. The second-order valence-electron chi connectivity index (χ2n) is 4.21. The van der Waals surface area contributed by atoms with Crippen molar-refractivity contribution in [1.82, 2.24) is 0 Å². The van der Waals surface area contributed by atoms with Gasteiger partial charge >= 0.3 is 0 Å². The molecular weight excluding hydrogens is 302 g/mol. The van der Waals surface area contributed by atoms with Crippen molar-refractivity contribution in [2.75, 3.05) is 0 Å². The van der Waals surface area contributed by atoms with Crippen LogP contribution in [0.2, 0.25) is 0 Å². The first-order valence-electron chi connectivity index (χ1n) is 5.35. The Kier molecular flexibility index (Phi) is 3.50. The van der Waals surface area contributed by atoms with Crippen LogP contribution in [0.1, 0.15) is 18.1 Å². The fourth-order valence-corrected chi connectivity index (χ4v) is 2.23. The van der Waals surface area contributed by atoms with E-state index in [0.717, 1.165) is 16.6 Å². The first-order chi connectivity index (χ1) is 8.41. The van der Waals surface area contributed by atoms with Crippen LogP contribution in [0.5, 0.6) is 0 Å². The standard InChI is InChI=1S/C14H11BrF2O/c1-14(18,9-3-2-4-10(15)7-9)12-6-5-11(16)8-13(12)17/h2-8,18H,1H3. The zero-order chi connectivity index (χ0) is 13.3. The molecule has 0 aliphatic heterocycles. The van der Waals surface area contributed by atoms with Gasteiger partial charge in [-0.1, -0.05) is 28.1 Å². The van der Waals surface area contributed by atoms with Gasteiger partial charge in [0.25, 0.3) is 0 Å². The van der Waals surface area contributed by atoms with E-state index in [2.05, 4.69) is 15.9 Å². The Morgan fingerprint density at radius 2 is 1.83 bits per heavy atom. The maximum absolute atomic E-state index is 13.7. The Balaban J connectivity index is 2.53. The van der Waals surface area contributed by atoms with Crippen molar-refractivity contribution < 1.29 is 13.9 Å². The van der Waals surface area contributed by atoms with E-state index >= 15 is 0 Å². The predicted molar refractivity (Wildman–Crippen MR) is 69.2 cm³/mol. The average molecular weight is 313 g/mol. The van der Waals surface area contributed by atoms with Gasteiger partial charge in [-0.15, -0.1) is 0 Å². The summed E-state index contributed by atoms with van der Waals surface area (Å²) in [6, 6.07) is 10.1. The van der Waals surface area contributed by atoms with Crippen molar-refractivity contribution in [3.05, 3.63) is 69.7 Å². The molecule has 18 heavy (non-hydrogen) atoms. The molecule has 2 aromatic carbocycles. The monoisotopic (exact) mass is 312 g/mol. The highest BCUT2D eigenvalue weighted by atomic mass is 79.9. The molecule has 0 heterocycles. The Bertz CT molecular complexity index is 582. The summed E-state index contributed by atoms with van der Waals surface area (Å²) in [5.41, 5.74) is -0.939. The van der Waals surface area contributed by atoms with Gasteiger partial charge in [-0.2, -0.15) is 0 Å². The van der Waals surface area contributed by atoms with Gasteiger partial charge in [0.05, 0.1) is 0 Å². The summed E-state index contributed by atoms with van der Waals surface area (Å²) < 4.78 is 27.4. The minimum atomic E-state index is -1.51. The number of rotatable bonds is 2. The SMILES string of the molecule is CC(O)(c1cccc(Br)c1)c1ccc(F)cc1F. The molecule has 2 aromatic rings. The van der Waals surface area contributed by atoms with E-state index in [1.54, 1.807) is 24.3 Å². The molecule has 0 fully saturated rings. The van der Waals surface area contributed by atoms with Gasteiger partial charge in [0, 0.05) is 16.1 Å². The number of hydrogen-bond acceptors (Lipinski definition) is 1. The molecule has 0 aromatic heterocycles. The molecular formula is C14H11BrF2O. The third kappa shape index (κ3) is 2.44. The summed E-state index contributed by atoms with van der Waals surface area (Å²) in [5.74, 6) is -1.43. The summed E-state index contributed by atoms with van der Waals surface area (Å²) in [4.78, 5) is 0. The van der Waals surface area contributed by atoms with Gasteiger partial charge in [0.2, 0.25) is 0 Å². The van der Waals surface area contributed by atoms with E-state index in [-0.39, 0.29) is 5.56 Å². The minimum absolute atomic E-state index is 0.0435. The molecule has 1 nitrogen and oxygen atoms in total. The first-order valence-corrected chi connectivity index (χ1v) is 6.14.